The molecule has 0 bridgehead atoms. The lowest BCUT2D eigenvalue weighted by Crippen LogP contribution is -1.95. The number of benzene rings is 2. The number of anilines is 2. The summed E-state index contributed by atoms with van der Waals surface area (Å²) >= 11 is 6.09. The molecule has 2 aromatic heterocycles. The zero-order valence-corrected chi connectivity index (χ0v) is 14.6. The van der Waals surface area contributed by atoms with Gasteiger partial charge in [0.1, 0.15) is 16.9 Å². The molecule has 2 heterocycles. The molecule has 0 saturated carbocycles. The van der Waals surface area contributed by atoms with Gasteiger partial charge in [-0.1, -0.05) is 31.5 Å². The maximum Gasteiger partial charge on any atom is 0.336 e. The lowest BCUT2D eigenvalue weighted by Gasteiger charge is -2.09. The zero-order chi connectivity index (χ0) is 17.6. The standard InChI is InChI=1S/C20H16ClNO3/c1-11(2)20-19(22-14-5-3-4-13(21)9-14)15-8-12-6-7-18(23)24-16(12)10-17(15)25-20/h3-11,22H,1-2H3. The van der Waals surface area contributed by atoms with Crippen molar-refractivity contribution >= 4 is 44.9 Å². The average Bonchev–Trinajstić information content (AvgIpc) is 2.91. The maximum absolute atomic E-state index is 11.5. The summed E-state index contributed by atoms with van der Waals surface area (Å²) in [5, 5.41) is 5.87. The molecule has 25 heavy (non-hydrogen) atoms. The molecule has 4 nitrogen and oxygen atoms in total. The number of halogens is 1. The van der Waals surface area contributed by atoms with E-state index in [-0.39, 0.29) is 11.5 Å². The monoisotopic (exact) mass is 353 g/mol. The van der Waals surface area contributed by atoms with Crippen molar-refractivity contribution in [1.29, 1.82) is 0 Å². The van der Waals surface area contributed by atoms with Crippen LogP contribution in [0.5, 0.6) is 0 Å². The fourth-order valence-corrected chi connectivity index (χ4v) is 3.12. The largest absolute Gasteiger partial charge is 0.458 e. The van der Waals surface area contributed by atoms with Crippen molar-refractivity contribution in [2.75, 3.05) is 5.32 Å². The Labute approximate surface area is 149 Å². The third kappa shape index (κ3) is 2.89. The summed E-state index contributed by atoms with van der Waals surface area (Å²) in [4.78, 5) is 11.5. The molecule has 0 radical (unpaired) electrons. The SMILES string of the molecule is CC(C)c1oc2cc3oc(=O)ccc3cc2c1Nc1cccc(Cl)c1. The van der Waals surface area contributed by atoms with Crippen LogP contribution in [0.3, 0.4) is 0 Å². The van der Waals surface area contributed by atoms with Gasteiger partial charge in [0.25, 0.3) is 0 Å². The Morgan fingerprint density at radius 1 is 1.00 bits per heavy atom. The molecule has 0 saturated heterocycles. The Hall–Kier alpha value is -2.72. The Morgan fingerprint density at radius 2 is 1.84 bits per heavy atom. The summed E-state index contributed by atoms with van der Waals surface area (Å²) < 4.78 is 11.3. The Bertz CT molecular complexity index is 1140. The van der Waals surface area contributed by atoms with E-state index in [1.165, 1.54) is 6.07 Å². The number of fused-ring (bicyclic) bond motifs is 2. The van der Waals surface area contributed by atoms with E-state index in [9.17, 15) is 4.79 Å². The van der Waals surface area contributed by atoms with E-state index in [1.807, 2.05) is 30.3 Å². The number of furan rings is 1. The number of hydrogen-bond acceptors (Lipinski definition) is 4. The first-order chi connectivity index (χ1) is 12.0. The molecule has 0 unspecified atom stereocenters. The van der Waals surface area contributed by atoms with Gasteiger partial charge in [-0.3, -0.25) is 0 Å². The van der Waals surface area contributed by atoms with E-state index in [4.69, 9.17) is 20.4 Å². The molecule has 126 valence electrons. The minimum Gasteiger partial charge on any atom is -0.458 e. The van der Waals surface area contributed by atoms with Crippen molar-refractivity contribution in [2.45, 2.75) is 19.8 Å². The molecule has 4 aromatic rings. The minimum absolute atomic E-state index is 0.184. The van der Waals surface area contributed by atoms with Crippen molar-refractivity contribution in [3.05, 3.63) is 69.7 Å². The molecule has 4 rings (SSSR count). The maximum atomic E-state index is 11.5. The first-order valence-corrected chi connectivity index (χ1v) is 8.42. The van der Waals surface area contributed by atoms with Gasteiger partial charge in [-0.25, -0.2) is 4.79 Å². The molecular formula is C20H16ClNO3. The Kier molecular flexibility index (Phi) is 3.77. The summed E-state index contributed by atoms with van der Waals surface area (Å²) in [5.74, 6) is 1.02. The van der Waals surface area contributed by atoms with E-state index in [0.29, 0.717) is 16.2 Å². The highest BCUT2D eigenvalue weighted by Gasteiger charge is 2.18. The minimum atomic E-state index is -0.375. The number of nitrogens with one attached hydrogen (secondary N) is 1. The van der Waals surface area contributed by atoms with Crippen molar-refractivity contribution in [3.8, 4) is 0 Å². The van der Waals surface area contributed by atoms with Gasteiger partial charge in [-0.15, -0.1) is 0 Å². The fraction of sp³-hybridized carbons (Fsp3) is 0.150. The molecule has 0 aliphatic rings. The van der Waals surface area contributed by atoms with Crippen molar-refractivity contribution in [1.82, 2.24) is 0 Å². The second-order valence-corrected chi connectivity index (χ2v) is 6.71. The van der Waals surface area contributed by atoms with Crippen molar-refractivity contribution < 1.29 is 8.83 Å². The highest BCUT2D eigenvalue weighted by atomic mass is 35.5. The summed E-state index contributed by atoms with van der Waals surface area (Å²) in [5.41, 5.74) is 2.60. The molecule has 0 spiro atoms. The predicted octanol–water partition coefficient (Wildman–Crippen LogP) is 6.06. The van der Waals surface area contributed by atoms with Gasteiger partial charge in [-0.05, 0) is 30.3 Å². The molecule has 2 aromatic carbocycles. The molecule has 1 N–H and O–H groups in total. The topological polar surface area (TPSA) is 55.4 Å². The highest BCUT2D eigenvalue weighted by molar-refractivity contribution is 6.30. The lowest BCUT2D eigenvalue weighted by molar-refractivity contribution is 0.522. The van der Waals surface area contributed by atoms with Gasteiger partial charge in [0, 0.05) is 39.5 Å². The van der Waals surface area contributed by atoms with Crippen LogP contribution in [-0.2, 0) is 0 Å². The van der Waals surface area contributed by atoms with Gasteiger partial charge < -0.3 is 14.2 Å². The highest BCUT2D eigenvalue weighted by Crippen LogP contribution is 2.39. The van der Waals surface area contributed by atoms with Crippen molar-refractivity contribution in [3.63, 3.8) is 0 Å². The van der Waals surface area contributed by atoms with Crippen LogP contribution in [0.15, 0.2) is 62.2 Å². The lowest BCUT2D eigenvalue weighted by atomic mass is 10.1. The van der Waals surface area contributed by atoms with Gasteiger partial charge >= 0.3 is 5.63 Å². The second-order valence-electron chi connectivity index (χ2n) is 6.27. The summed E-state index contributed by atoms with van der Waals surface area (Å²) in [6.45, 7) is 4.14. The number of hydrogen-bond donors (Lipinski definition) is 1. The summed E-state index contributed by atoms with van der Waals surface area (Å²) in [6.07, 6.45) is 0. The first-order valence-electron chi connectivity index (χ1n) is 8.04. The first kappa shape index (κ1) is 15.8. The van der Waals surface area contributed by atoms with Crippen LogP contribution in [0.4, 0.5) is 11.4 Å². The average molecular weight is 354 g/mol. The van der Waals surface area contributed by atoms with Crippen LogP contribution >= 0.6 is 11.6 Å². The van der Waals surface area contributed by atoms with Crippen LogP contribution in [0.2, 0.25) is 5.02 Å². The zero-order valence-electron chi connectivity index (χ0n) is 13.8. The number of rotatable bonds is 3. The third-order valence-electron chi connectivity index (χ3n) is 4.08. The molecule has 0 atom stereocenters. The molecule has 5 heteroatoms. The summed E-state index contributed by atoms with van der Waals surface area (Å²) in [7, 11) is 0. The molecule has 0 aliphatic carbocycles. The van der Waals surface area contributed by atoms with E-state index >= 15 is 0 Å². The Balaban J connectivity index is 1.95. The second kappa shape index (κ2) is 5.97. The normalized spacial score (nSPS) is 11.5. The predicted molar refractivity (Wildman–Crippen MR) is 101 cm³/mol. The van der Waals surface area contributed by atoms with Crippen LogP contribution in [-0.4, -0.2) is 0 Å². The van der Waals surface area contributed by atoms with Crippen LogP contribution in [0, 0.1) is 0 Å². The van der Waals surface area contributed by atoms with Gasteiger partial charge in [0.05, 0.1) is 5.69 Å². The van der Waals surface area contributed by atoms with Crippen molar-refractivity contribution in [2.24, 2.45) is 0 Å². The molecule has 0 fully saturated rings. The van der Waals surface area contributed by atoms with E-state index in [0.717, 1.165) is 27.9 Å². The van der Waals surface area contributed by atoms with Crippen LogP contribution in [0.25, 0.3) is 21.9 Å². The van der Waals surface area contributed by atoms with Gasteiger partial charge in [0.15, 0.2) is 0 Å². The quantitative estimate of drug-likeness (QED) is 0.455. The molecule has 0 amide bonds. The van der Waals surface area contributed by atoms with E-state index < -0.39 is 0 Å². The fourth-order valence-electron chi connectivity index (χ4n) is 2.92. The summed E-state index contributed by atoms with van der Waals surface area (Å²) in [6, 6.07) is 14.5. The molecule has 0 aliphatic heterocycles. The van der Waals surface area contributed by atoms with Crippen LogP contribution < -0.4 is 10.9 Å². The van der Waals surface area contributed by atoms with Gasteiger partial charge in [0.2, 0.25) is 0 Å². The van der Waals surface area contributed by atoms with E-state index in [2.05, 4.69) is 19.2 Å². The van der Waals surface area contributed by atoms with E-state index in [1.54, 1.807) is 12.1 Å². The molecular weight excluding hydrogens is 338 g/mol. The third-order valence-corrected chi connectivity index (χ3v) is 4.31. The Morgan fingerprint density at radius 3 is 2.60 bits per heavy atom. The van der Waals surface area contributed by atoms with Gasteiger partial charge in [-0.2, -0.15) is 0 Å². The smallest absolute Gasteiger partial charge is 0.336 e. The van der Waals surface area contributed by atoms with Crippen LogP contribution in [0.1, 0.15) is 25.5 Å².